The molecule has 0 rings (SSSR count). The first-order valence-corrected chi connectivity index (χ1v) is 15.1. The molecule has 0 spiro atoms. The zero-order valence-electron chi connectivity index (χ0n) is 23.8. The molecule has 0 fully saturated rings. The average Bonchev–Trinajstić information content (AvgIpc) is 2.80. The molecule has 0 radical (unpaired) electrons. The summed E-state index contributed by atoms with van der Waals surface area (Å²) in [7, 11) is 0. The summed E-state index contributed by atoms with van der Waals surface area (Å²) in [5.74, 6) is 0. The van der Waals surface area contributed by atoms with Gasteiger partial charge in [-0.3, -0.25) is 0 Å². The Kier molecular flexibility index (Phi) is 54.9. The van der Waals surface area contributed by atoms with E-state index in [-0.39, 0.29) is 67.4 Å². The van der Waals surface area contributed by atoms with Crippen LogP contribution in [0.1, 0.15) is 68.7 Å². The molecule has 0 aromatic heterocycles. The Morgan fingerprint density at radius 2 is 0.756 bits per heavy atom. The molecule has 0 aromatic carbocycles. The topological polar surface area (TPSA) is 92.3 Å². The van der Waals surface area contributed by atoms with Gasteiger partial charge < -0.3 is 124 Å². The molecule has 0 aliphatic rings. The van der Waals surface area contributed by atoms with Gasteiger partial charge in [0.2, 0.25) is 0 Å². The normalized spacial score (nSPS) is 9.02. The number of rotatable bonds is 11. The Morgan fingerprint density at radius 3 is 0.854 bits per heavy atom. The van der Waals surface area contributed by atoms with E-state index in [1.807, 2.05) is 62.3 Å². The molecule has 0 atom stereocenters. The van der Waals surface area contributed by atoms with Crippen molar-refractivity contribution in [1.29, 1.82) is 0 Å². The maximum Gasteiger partial charge on any atom is 4.00 e. The van der Waals surface area contributed by atoms with Gasteiger partial charge in [-0.25, -0.2) is 0 Å². The molecule has 0 unspecified atom stereocenters. The summed E-state index contributed by atoms with van der Waals surface area (Å²) >= 11 is 43.1. The second-order valence-corrected chi connectivity index (χ2v) is 12.2. The van der Waals surface area contributed by atoms with E-state index in [4.69, 9.17) is 0 Å². The van der Waals surface area contributed by atoms with Crippen molar-refractivity contribution in [3.05, 3.63) is 0 Å². The van der Waals surface area contributed by atoms with Crippen LogP contribution in [-0.4, -0.2) is 52.9 Å². The van der Waals surface area contributed by atoms with E-state index in [0.717, 1.165) is 6.42 Å². The van der Waals surface area contributed by atoms with Crippen LogP contribution in [0.4, 0.5) is 0 Å². The van der Waals surface area contributed by atoms with Crippen LogP contribution in [0.2, 0.25) is 0 Å². The fraction of sp³-hybridized carbons (Fsp3) is 0.750. The van der Waals surface area contributed by atoms with Gasteiger partial charge in [-0.2, -0.15) is 24.4 Å². The summed E-state index contributed by atoms with van der Waals surface area (Å²) in [6.07, 6.45) is 0.953. The Hall–Kier alpha value is 1.17. The van der Waals surface area contributed by atoms with E-state index in [1.54, 1.807) is 0 Å². The van der Waals surface area contributed by atoms with Crippen LogP contribution < -0.4 is 0 Å². The van der Waals surface area contributed by atoms with E-state index in [0.29, 0.717) is 6.61 Å². The van der Waals surface area contributed by atoms with Gasteiger partial charge in [-0.05, 0) is 74.0 Å². The van der Waals surface area contributed by atoms with Gasteiger partial charge in [0.1, 0.15) is 0 Å². The standard InChI is InChI=1S/5C4H8O2S2.Mo/c4*1-3(2)5-6-4(7)8;1-2-3-5-6-4(7)8;/h4*3H,1-2H3,(H,7,8);2-3H2,1H3,(H,7,8);/q;;;;;+4/p-4. The maximum absolute atomic E-state index is 4.56. The van der Waals surface area contributed by atoms with E-state index in [1.165, 1.54) is 0 Å². The first-order chi connectivity index (χ1) is 18.3. The Morgan fingerprint density at radius 1 is 0.537 bits per heavy atom. The number of hydrogen-bond donors (Lipinski definition) is 1. The fourth-order valence-electron chi connectivity index (χ4n) is 0.717. The molecule has 0 bridgehead atoms. The van der Waals surface area contributed by atoms with Crippen LogP contribution >= 0.6 is 73.7 Å². The van der Waals surface area contributed by atoms with Gasteiger partial charge >= 0.3 is 21.1 Å². The number of thiol groups is 1. The third-order valence-electron chi connectivity index (χ3n) is 1.65. The summed E-state index contributed by atoms with van der Waals surface area (Å²) in [5, 5.41) is 0. The van der Waals surface area contributed by atoms with Gasteiger partial charge in [-0.1, -0.05) is 19.6 Å². The van der Waals surface area contributed by atoms with Crippen molar-refractivity contribution in [2.24, 2.45) is 0 Å². The van der Waals surface area contributed by atoms with E-state index in [9.17, 15) is 0 Å². The van der Waals surface area contributed by atoms with Crippen molar-refractivity contribution in [3.63, 3.8) is 0 Å². The molecule has 0 aliphatic carbocycles. The van der Waals surface area contributed by atoms with Crippen molar-refractivity contribution >= 4 is 146 Å². The Balaban J connectivity index is -0.0000000928. The van der Waals surface area contributed by atoms with Gasteiger partial charge in [0.15, 0.2) is 0 Å². The summed E-state index contributed by atoms with van der Waals surface area (Å²) in [5.41, 5.74) is 0. The molecule has 242 valence electrons. The maximum atomic E-state index is 4.56. The van der Waals surface area contributed by atoms with Crippen LogP contribution in [0.5, 0.6) is 0 Å². The Bertz CT molecular complexity index is 572. The first kappa shape index (κ1) is 54.6. The van der Waals surface area contributed by atoms with Crippen molar-refractivity contribution < 1.29 is 69.9 Å². The first-order valence-electron chi connectivity index (χ1n) is 11.0. The van der Waals surface area contributed by atoms with Crippen LogP contribution in [-0.2, 0) is 120 Å². The number of thiocarbonyl (C=S) groups is 5. The van der Waals surface area contributed by atoms with Gasteiger partial charge in [0.05, 0.1) is 48.6 Å². The summed E-state index contributed by atoms with van der Waals surface area (Å²) in [6.45, 7) is 17.1. The predicted molar refractivity (Wildman–Crippen MR) is 188 cm³/mol. The molecule has 0 amide bonds. The zero-order valence-corrected chi connectivity index (χ0v) is 34.1. The largest absolute Gasteiger partial charge is 4.00 e. The van der Waals surface area contributed by atoms with Crippen molar-refractivity contribution in [2.45, 2.75) is 93.2 Å². The van der Waals surface area contributed by atoms with Crippen molar-refractivity contribution in [3.8, 4) is 0 Å². The molecule has 0 N–H and O–H groups in total. The van der Waals surface area contributed by atoms with Crippen LogP contribution in [0, 0.1) is 0 Å². The molecular weight excluding hydrogens is 817 g/mol. The molecule has 21 heteroatoms. The van der Waals surface area contributed by atoms with E-state index < -0.39 is 0 Å². The van der Waals surface area contributed by atoms with E-state index >= 15 is 0 Å². The third-order valence-corrected chi connectivity index (χ3v) is 2.34. The molecule has 0 aliphatic heterocycles. The van der Waals surface area contributed by atoms with Crippen molar-refractivity contribution in [2.75, 3.05) is 6.61 Å². The molecule has 0 saturated carbocycles. The molecule has 0 heterocycles. The number of hydrogen-bond acceptors (Lipinski definition) is 19. The van der Waals surface area contributed by atoms with Gasteiger partial charge in [-0.15, -0.1) is 0 Å². The molecule has 0 saturated heterocycles. The average molecular weight is 853 g/mol. The SMILES string of the molecule is CC(C)OOC(=S)[S-].CC(C)OOC(=S)[S-].CC(C)OOC(=S)[S-].CC(C)OOC(=S)[S-].CCCOOC(=S)S.[Mo+4]. The monoisotopic (exact) mass is 854 g/mol. The minimum Gasteiger partial charge on any atom is -0.387 e. The van der Waals surface area contributed by atoms with Crippen LogP contribution in [0.3, 0.4) is 0 Å². The Labute approximate surface area is 312 Å². The summed E-state index contributed by atoms with van der Waals surface area (Å²) < 4.78 is 0.119. The molecular formula is C20H36MoO10S10. The van der Waals surface area contributed by atoms with Crippen LogP contribution in [0.25, 0.3) is 0 Å². The summed E-state index contributed by atoms with van der Waals surface area (Å²) in [4.78, 5) is 44.5. The van der Waals surface area contributed by atoms with Crippen LogP contribution in [0.15, 0.2) is 0 Å². The molecule has 41 heavy (non-hydrogen) atoms. The predicted octanol–water partition coefficient (Wildman–Crippen LogP) is 6.26. The molecule has 10 nitrogen and oxygen atoms in total. The van der Waals surface area contributed by atoms with Gasteiger partial charge in [0.25, 0.3) is 4.38 Å². The minimum atomic E-state index is -0.00120. The fourth-order valence-corrected chi connectivity index (χ4v) is 1.13. The quantitative estimate of drug-likeness (QED) is 0.0482. The minimum absolute atomic E-state index is 0. The van der Waals surface area contributed by atoms with Crippen molar-refractivity contribution in [1.82, 2.24) is 0 Å². The second kappa shape index (κ2) is 41.2. The second-order valence-electron chi connectivity index (χ2n) is 7.08. The zero-order chi connectivity index (χ0) is 32.7. The third kappa shape index (κ3) is 92.2. The van der Waals surface area contributed by atoms with Gasteiger partial charge in [0, 0.05) is 0 Å². The smallest absolute Gasteiger partial charge is 0.387 e. The molecule has 0 aromatic rings. The van der Waals surface area contributed by atoms with E-state index in [2.05, 4.69) is 173 Å². The summed E-state index contributed by atoms with van der Waals surface area (Å²) in [6, 6.07) is 0.